The van der Waals surface area contributed by atoms with Crippen LogP contribution in [0.2, 0.25) is 0 Å². The number of imide groups is 1. The molecule has 1 fully saturated rings. The van der Waals surface area contributed by atoms with E-state index < -0.39 is 29.9 Å². The monoisotopic (exact) mass is 445 g/mol. The zero-order chi connectivity index (χ0) is 23.0. The number of hydrogen-bond acceptors (Lipinski definition) is 5. The molecule has 2 aliphatic rings. The van der Waals surface area contributed by atoms with Crippen molar-refractivity contribution in [3.8, 4) is 11.5 Å². The van der Waals surface area contributed by atoms with E-state index in [1.807, 2.05) is 42.5 Å². The number of benzene rings is 3. The van der Waals surface area contributed by atoms with Gasteiger partial charge in [0.25, 0.3) is 5.91 Å². The molecule has 8 heteroatoms. The lowest BCUT2D eigenvalue weighted by molar-refractivity contribution is -0.133. The van der Waals surface area contributed by atoms with Gasteiger partial charge in [-0.05, 0) is 41.5 Å². The van der Waals surface area contributed by atoms with Crippen LogP contribution in [0.3, 0.4) is 0 Å². The summed E-state index contributed by atoms with van der Waals surface area (Å²) in [6.07, 6.45) is 0.776. The summed E-state index contributed by atoms with van der Waals surface area (Å²) in [5, 5.41) is 7.47. The minimum Gasteiger partial charge on any atom is -0.490 e. The van der Waals surface area contributed by atoms with Gasteiger partial charge in [0.05, 0.1) is 13.2 Å². The topological polar surface area (TPSA) is 97.0 Å². The van der Waals surface area contributed by atoms with Gasteiger partial charge in [-0.15, -0.1) is 0 Å². The molecule has 5 rings (SSSR count). The van der Waals surface area contributed by atoms with Gasteiger partial charge < -0.3 is 20.1 Å². The molecule has 168 valence electrons. The lowest BCUT2D eigenvalue weighted by atomic mass is 9.90. The van der Waals surface area contributed by atoms with Crippen LogP contribution in [0.15, 0.2) is 60.7 Å². The molecule has 8 nitrogen and oxygen atoms in total. The first-order valence-electron chi connectivity index (χ1n) is 10.8. The van der Waals surface area contributed by atoms with Crippen molar-refractivity contribution in [2.45, 2.75) is 18.9 Å². The van der Waals surface area contributed by atoms with Crippen LogP contribution < -0.4 is 20.1 Å². The molecule has 0 bridgehead atoms. The predicted octanol–water partition coefficient (Wildman–Crippen LogP) is 3.41. The van der Waals surface area contributed by atoms with Gasteiger partial charge in [0.1, 0.15) is 12.1 Å². The number of hydrogen-bond donors (Lipinski definition) is 2. The third-order valence-electron chi connectivity index (χ3n) is 5.93. The van der Waals surface area contributed by atoms with Crippen molar-refractivity contribution in [2.24, 2.45) is 0 Å². The summed E-state index contributed by atoms with van der Waals surface area (Å²) in [4.78, 5) is 39.4. The van der Waals surface area contributed by atoms with E-state index in [1.54, 1.807) is 25.1 Å². The van der Waals surface area contributed by atoms with Gasteiger partial charge in [0.2, 0.25) is 5.91 Å². The molecule has 2 aliphatic heterocycles. The van der Waals surface area contributed by atoms with Gasteiger partial charge in [-0.3, -0.25) is 14.5 Å². The Balaban J connectivity index is 1.31. The van der Waals surface area contributed by atoms with Crippen molar-refractivity contribution < 1.29 is 23.9 Å². The average molecular weight is 445 g/mol. The normalized spacial score (nSPS) is 19.8. The van der Waals surface area contributed by atoms with Gasteiger partial charge in [-0.2, -0.15) is 0 Å². The van der Waals surface area contributed by atoms with Gasteiger partial charge in [0.15, 0.2) is 11.5 Å². The van der Waals surface area contributed by atoms with Crippen molar-refractivity contribution in [3.05, 3.63) is 66.2 Å². The molecular weight excluding hydrogens is 422 g/mol. The molecule has 0 saturated carbocycles. The van der Waals surface area contributed by atoms with E-state index in [4.69, 9.17) is 9.47 Å². The van der Waals surface area contributed by atoms with E-state index in [-0.39, 0.29) is 0 Å². The minimum atomic E-state index is -1.25. The zero-order valence-corrected chi connectivity index (χ0v) is 18.1. The molecular formula is C25H23N3O5. The van der Waals surface area contributed by atoms with E-state index in [9.17, 15) is 14.4 Å². The van der Waals surface area contributed by atoms with Crippen molar-refractivity contribution in [1.82, 2.24) is 10.2 Å². The summed E-state index contributed by atoms with van der Waals surface area (Å²) in [6, 6.07) is 17.9. The Morgan fingerprint density at radius 2 is 1.76 bits per heavy atom. The Hall–Kier alpha value is -4.07. The van der Waals surface area contributed by atoms with Gasteiger partial charge in [-0.25, -0.2) is 4.79 Å². The average Bonchev–Trinajstić information content (AvgIpc) is 2.97. The van der Waals surface area contributed by atoms with E-state index in [0.717, 1.165) is 22.1 Å². The number of nitrogens with one attached hydrogen (secondary N) is 2. The molecule has 0 aromatic heterocycles. The summed E-state index contributed by atoms with van der Waals surface area (Å²) in [7, 11) is 0. The summed E-state index contributed by atoms with van der Waals surface area (Å²) < 4.78 is 11.2. The molecule has 33 heavy (non-hydrogen) atoms. The number of urea groups is 1. The number of carbonyl (C=O) groups excluding carboxylic acids is 3. The first-order valence-corrected chi connectivity index (χ1v) is 10.8. The summed E-state index contributed by atoms with van der Waals surface area (Å²) in [5.74, 6) is 0.197. The molecule has 4 amide bonds. The highest BCUT2D eigenvalue weighted by Gasteiger charge is 2.49. The second-order valence-corrected chi connectivity index (χ2v) is 8.27. The third-order valence-corrected chi connectivity index (χ3v) is 5.93. The smallest absolute Gasteiger partial charge is 0.325 e. The van der Waals surface area contributed by atoms with Crippen LogP contribution in [0.5, 0.6) is 11.5 Å². The molecule has 2 heterocycles. The number of anilines is 1. The van der Waals surface area contributed by atoms with Crippen LogP contribution in [-0.2, 0) is 15.1 Å². The molecule has 1 atom stereocenters. The quantitative estimate of drug-likeness (QED) is 0.600. The fourth-order valence-electron chi connectivity index (χ4n) is 4.12. The number of rotatable bonds is 4. The van der Waals surface area contributed by atoms with E-state index in [1.165, 1.54) is 0 Å². The minimum absolute atomic E-state index is 0.401. The van der Waals surface area contributed by atoms with Crippen LogP contribution in [0, 0.1) is 0 Å². The fraction of sp³-hybridized carbons (Fsp3) is 0.240. The van der Waals surface area contributed by atoms with Crippen molar-refractivity contribution in [1.29, 1.82) is 0 Å². The van der Waals surface area contributed by atoms with Gasteiger partial charge in [-0.1, -0.05) is 36.4 Å². The first-order chi connectivity index (χ1) is 15.9. The second-order valence-electron chi connectivity index (χ2n) is 8.27. The summed E-state index contributed by atoms with van der Waals surface area (Å²) >= 11 is 0. The highest BCUT2D eigenvalue weighted by molar-refractivity contribution is 6.10. The SMILES string of the molecule is C[C@@]1(c2ccc3ccccc3c2)NC(=O)N(CC(=O)Nc2ccc3c(c2)OCCCO3)C1=O. The third kappa shape index (κ3) is 3.84. The molecule has 0 aliphatic carbocycles. The van der Waals surface area contributed by atoms with Gasteiger partial charge in [0, 0.05) is 18.2 Å². The molecule has 3 aromatic carbocycles. The summed E-state index contributed by atoms with van der Waals surface area (Å²) in [6.45, 7) is 2.35. The fourth-order valence-corrected chi connectivity index (χ4v) is 4.12. The molecule has 0 unspecified atom stereocenters. The van der Waals surface area contributed by atoms with Crippen LogP contribution >= 0.6 is 0 Å². The Labute approximate surface area is 190 Å². The molecule has 1 saturated heterocycles. The van der Waals surface area contributed by atoms with Crippen molar-refractivity contribution >= 4 is 34.3 Å². The van der Waals surface area contributed by atoms with E-state index >= 15 is 0 Å². The standard InChI is InChI=1S/C25H23N3O5/c1-25(18-8-7-16-5-2-3-6-17(16)13-18)23(30)28(24(31)27-25)15-22(29)26-19-9-10-20-21(14-19)33-12-4-11-32-20/h2-3,5-10,13-14H,4,11-12,15H2,1H3,(H,26,29)(H,27,31)/t25-/m0/s1. The number of fused-ring (bicyclic) bond motifs is 2. The number of nitrogens with zero attached hydrogens (tertiary/aromatic N) is 1. The maximum Gasteiger partial charge on any atom is 0.325 e. The van der Waals surface area contributed by atoms with Crippen LogP contribution in [0.25, 0.3) is 10.8 Å². The largest absolute Gasteiger partial charge is 0.490 e. The van der Waals surface area contributed by atoms with Crippen LogP contribution in [0.1, 0.15) is 18.9 Å². The summed E-state index contributed by atoms with van der Waals surface area (Å²) in [5.41, 5.74) is -0.102. The molecule has 3 aromatic rings. The van der Waals surface area contributed by atoms with Crippen LogP contribution in [0.4, 0.5) is 10.5 Å². The lowest BCUT2D eigenvalue weighted by Crippen LogP contribution is -2.42. The Bertz CT molecular complexity index is 1270. The Morgan fingerprint density at radius 1 is 1.00 bits per heavy atom. The molecule has 0 spiro atoms. The molecule has 0 radical (unpaired) electrons. The number of amides is 4. The van der Waals surface area contributed by atoms with Crippen molar-refractivity contribution in [2.75, 3.05) is 25.1 Å². The highest BCUT2D eigenvalue weighted by atomic mass is 16.5. The van der Waals surface area contributed by atoms with Gasteiger partial charge >= 0.3 is 6.03 Å². The maximum atomic E-state index is 13.2. The van der Waals surface area contributed by atoms with E-state index in [2.05, 4.69) is 10.6 Å². The predicted molar refractivity (Wildman–Crippen MR) is 122 cm³/mol. The van der Waals surface area contributed by atoms with Crippen molar-refractivity contribution in [3.63, 3.8) is 0 Å². The Kier molecular flexibility index (Phi) is 5.12. The number of ether oxygens (including phenoxy) is 2. The maximum absolute atomic E-state index is 13.2. The highest BCUT2D eigenvalue weighted by Crippen LogP contribution is 2.33. The van der Waals surface area contributed by atoms with E-state index in [0.29, 0.717) is 36.0 Å². The van der Waals surface area contributed by atoms with Crippen LogP contribution in [-0.4, -0.2) is 42.5 Å². The Morgan fingerprint density at radius 3 is 2.58 bits per heavy atom. The molecule has 2 N–H and O–H groups in total. The second kappa shape index (κ2) is 8.12. The lowest BCUT2D eigenvalue weighted by Gasteiger charge is -2.22. The number of carbonyl (C=O) groups is 3. The zero-order valence-electron chi connectivity index (χ0n) is 18.1. The first kappa shape index (κ1) is 20.8.